The Morgan fingerprint density at radius 3 is 2.67 bits per heavy atom. The Morgan fingerprint density at radius 1 is 1.52 bits per heavy atom. The fraction of sp³-hybridized carbons (Fsp3) is 0.417. The van der Waals surface area contributed by atoms with E-state index < -0.39 is 27.8 Å². The van der Waals surface area contributed by atoms with E-state index in [9.17, 15) is 18.0 Å². The van der Waals surface area contributed by atoms with Crippen molar-refractivity contribution in [3.8, 4) is 0 Å². The van der Waals surface area contributed by atoms with Crippen LogP contribution in [0.25, 0.3) is 6.08 Å². The zero-order valence-electron chi connectivity index (χ0n) is 11.7. The molecular formula is C12H17N3O5S. The molecule has 116 valence electrons. The molecule has 0 aromatic carbocycles. The summed E-state index contributed by atoms with van der Waals surface area (Å²) in [4.78, 5) is 22.6. The van der Waals surface area contributed by atoms with Crippen LogP contribution in [0.15, 0.2) is 18.5 Å². The SMILES string of the molecule is Cn1cc(/C=C/C(=O)NC(CCS(C)(=O)=O)C(=O)O)cn1. The van der Waals surface area contributed by atoms with Gasteiger partial charge in [0.25, 0.3) is 0 Å². The van der Waals surface area contributed by atoms with Crippen molar-refractivity contribution in [2.75, 3.05) is 12.0 Å². The summed E-state index contributed by atoms with van der Waals surface area (Å²) in [7, 11) is -1.56. The van der Waals surface area contributed by atoms with E-state index in [-0.39, 0.29) is 12.2 Å². The molecule has 0 spiro atoms. The first-order chi connectivity index (χ1) is 9.67. The van der Waals surface area contributed by atoms with Gasteiger partial charge in [0.2, 0.25) is 5.91 Å². The van der Waals surface area contributed by atoms with Gasteiger partial charge < -0.3 is 10.4 Å². The van der Waals surface area contributed by atoms with Gasteiger partial charge in [-0.05, 0) is 12.5 Å². The number of rotatable bonds is 7. The quantitative estimate of drug-likeness (QED) is 0.651. The highest BCUT2D eigenvalue weighted by Gasteiger charge is 2.20. The lowest BCUT2D eigenvalue weighted by Crippen LogP contribution is -2.41. The summed E-state index contributed by atoms with van der Waals surface area (Å²) in [6.45, 7) is 0. The molecule has 0 aliphatic heterocycles. The third kappa shape index (κ3) is 6.70. The van der Waals surface area contributed by atoms with Gasteiger partial charge in [0, 0.05) is 31.1 Å². The van der Waals surface area contributed by atoms with Gasteiger partial charge in [0.1, 0.15) is 15.9 Å². The summed E-state index contributed by atoms with van der Waals surface area (Å²) in [6.07, 6.45) is 6.71. The normalized spacial score (nSPS) is 13.2. The maximum atomic E-state index is 11.6. The van der Waals surface area contributed by atoms with Gasteiger partial charge >= 0.3 is 5.97 Å². The minimum Gasteiger partial charge on any atom is -0.480 e. The van der Waals surface area contributed by atoms with Gasteiger partial charge in [-0.1, -0.05) is 0 Å². The van der Waals surface area contributed by atoms with E-state index in [0.29, 0.717) is 5.56 Å². The third-order valence-electron chi connectivity index (χ3n) is 2.54. The van der Waals surface area contributed by atoms with E-state index in [1.165, 1.54) is 12.2 Å². The van der Waals surface area contributed by atoms with Gasteiger partial charge in [0.05, 0.1) is 11.9 Å². The molecular weight excluding hydrogens is 298 g/mol. The van der Waals surface area contributed by atoms with Gasteiger partial charge in [0.15, 0.2) is 0 Å². The second kappa shape index (κ2) is 7.02. The van der Waals surface area contributed by atoms with Crippen molar-refractivity contribution < 1.29 is 23.1 Å². The van der Waals surface area contributed by atoms with Gasteiger partial charge in [-0.3, -0.25) is 9.48 Å². The van der Waals surface area contributed by atoms with Gasteiger partial charge in [-0.25, -0.2) is 13.2 Å². The first-order valence-electron chi connectivity index (χ1n) is 6.05. The number of carboxylic acids is 1. The van der Waals surface area contributed by atoms with Crippen molar-refractivity contribution in [2.45, 2.75) is 12.5 Å². The van der Waals surface area contributed by atoms with Crippen molar-refractivity contribution >= 4 is 27.8 Å². The monoisotopic (exact) mass is 315 g/mol. The number of sulfone groups is 1. The second-order valence-electron chi connectivity index (χ2n) is 4.60. The van der Waals surface area contributed by atoms with E-state index in [2.05, 4.69) is 10.4 Å². The molecule has 0 aliphatic carbocycles. The van der Waals surface area contributed by atoms with Crippen LogP contribution in [0.4, 0.5) is 0 Å². The van der Waals surface area contributed by atoms with Crippen LogP contribution in [-0.4, -0.2) is 53.2 Å². The largest absolute Gasteiger partial charge is 0.480 e. The highest BCUT2D eigenvalue weighted by molar-refractivity contribution is 7.90. The molecule has 0 radical (unpaired) electrons. The Bertz CT molecular complexity index is 648. The van der Waals surface area contributed by atoms with Crippen LogP contribution in [0.2, 0.25) is 0 Å². The molecule has 21 heavy (non-hydrogen) atoms. The average molecular weight is 315 g/mol. The highest BCUT2D eigenvalue weighted by Crippen LogP contribution is 2.00. The number of nitrogens with one attached hydrogen (secondary N) is 1. The lowest BCUT2D eigenvalue weighted by molar-refractivity contribution is -0.141. The fourth-order valence-corrected chi connectivity index (χ4v) is 2.17. The van der Waals surface area contributed by atoms with E-state index in [4.69, 9.17) is 5.11 Å². The summed E-state index contributed by atoms with van der Waals surface area (Å²) < 4.78 is 23.6. The molecule has 0 aliphatic rings. The lowest BCUT2D eigenvalue weighted by atomic mass is 10.2. The van der Waals surface area contributed by atoms with E-state index in [1.54, 1.807) is 24.1 Å². The molecule has 1 heterocycles. The molecule has 1 aromatic rings. The molecule has 8 nitrogen and oxygen atoms in total. The van der Waals surface area contributed by atoms with Crippen LogP contribution in [0, 0.1) is 0 Å². The van der Waals surface area contributed by atoms with E-state index in [0.717, 1.165) is 6.26 Å². The summed E-state index contributed by atoms with van der Waals surface area (Å²) in [5.74, 6) is -2.20. The number of hydrogen-bond acceptors (Lipinski definition) is 5. The topological polar surface area (TPSA) is 118 Å². The van der Waals surface area contributed by atoms with Crippen LogP contribution < -0.4 is 5.32 Å². The predicted molar refractivity (Wildman–Crippen MR) is 76.1 cm³/mol. The molecule has 1 amide bonds. The van der Waals surface area contributed by atoms with Crippen LogP contribution in [-0.2, 0) is 26.5 Å². The van der Waals surface area contributed by atoms with Crippen LogP contribution >= 0.6 is 0 Å². The Kier molecular flexibility index (Phi) is 5.65. The first-order valence-corrected chi connectivity index (χ1v) is 8.11. The zero-order chi connectivity index (χ0) is 16.0. The van der Waals surface area contributed by atoms with Crippen molar-refractivity contribution in [3.05, 3.63) is 24.0 Å². The van der Waals surface area contributed by atoms with Crippen LogP contribution in [0.1, 0.15) is 12.0 Å². The number of carbonyl (C=O) groups is 2. The average Bonchev–Trinajstić information content (AvgIpc) is 2.76. The number of nitrogens with zero attached hydrogens (tertiary/aromatic N) is 2. The molecule has 2 N–H and O–H groups in total. The maximum Gasteiger partial charge on any atom is 0.326 e. The molecule has 0 saturated heterocycles. The minimum absolute atomic E-state index is 0.180. The van der Waals surface area contributed by atoms with E-state index in [1.807, 2.05) is 0 Å². The summed E-state index contributed by atoms with van der Waals surface area (Å²) in [5, 5.41) is 15.1. The number of carboxylic acid groups (broad SMARTS) is 1. The molecule has 1 unspecified atom stereocenters. The van der Waals surface area contributed by atoms with Crippen LogP contribution in [0.5, 0.6) is 0 Å². The number of carbonyl (C=O) groups excluding carboxylic acids is 1. The number of aryl methyl sites for hydroxylation is 1. The summed E-state index contributed by atoms with van der Waals surface area (Å²) in [5.41, 5.74) is 0.690. The Labute approximate surface area is 122 Å². The molecule has 9 heteroatoms. The van der Waals surface area contributed by atoms with Crippen molar-refractivity contribution in [2.24, 2.45) is 7.05 Å². The standard InChI is InChI=1S/C12H17N3O5S/c1-15-8-9(7-13-15)3-4-11(16)14-10(12(17)18)5-6-21(2,19)20/h3-4,7-8,10H,5-6H2,1-2H3,(H,14,16)(H,17,18)/b4-3+. The van der Waals surface area contributed by atoms with Gasteiger partial charge in [-0.2, -0.15) is 5.10 Å². The minimum atomic E-state index is -3.28. The molecule has 1 aromatic heterocycles. The number of aliphatic carboxylic acids is 1. The van der Waals surface area contributed by atoms with Gasteiger partial charge in [-0.15, -0.1) is 0 Å². The van der Waals surface area contributed by atoms with Crippen molar-refractivity contribution in [3.63, 3.8) is 0 Å². The molecule has 0 fully saturated rings. The number of hydrogen-bond donors (Lipinski definition) is 2. The number of aromatic nitrogens is 2. The lowest BCUT2D eigenvalue weighted by Gasteiger charge is -2.12. The Hall–Kier alpha value is -2.16. The zero-order valence-corrected chi connectivity index (χ0v) is 12.5. The smallest absolute Gasteiger partial charge is 0.326 e. The fourth-order valence-electron chi connectivity index (χ4n) is 1.51. The number of amides is 1. The molecule has 0 bridgehead atoms. The van der Waals surface area contributed by atoms with Crippen molar-refractivity contribution in [1.29, 1.82) is 0 Å². The summed E-state index contributed by atoms with van der Waals surface area (Å²) in [6, 6.07) is -1.24. The molecule has 0 saturated carbocycles. The van der Waals surface area contributed by atoms with Crippen molar-refractivity contribution in [1.82, 2.24) is 15.1 Å². The van der Waals surface area contributed by atoms with Crippen LogP contribution in [0.3, 0.4) is 0 Å². The summed E-state index contributed by atoms with van der Waals surface area (Å²) >= 11 is 0. The first kappa shape index (κ1) is 16.9. The second-order valence-corrected chi connectivity index (χ2v) is 6.86. The Morgan fingerprint density at radius 2 is 2.19 bits per heavy atom. The Balaban J connectivity index is 2.60. The highest BCUT2D eigenvalue weighted by atomic mass is 32.2. The van der Waals surface area contributed by atoms with E-state index >= 15 is 0 Å². The predicted octanol–water partition coefficient (Wildman–Crippen LogP) is -0.563. The molecule has 1 atom stereocenters. The molecule has 1 rings (SSSR count). The maximum absolute atomic E-state index is 11.6. The third-order valence-corrected chi connectivity index (χ3v) is 3.52.